The summed E-state index contributed by atoms with van der Waals surface area (Å²) < 4.78 is 0. The Balaban J connectivity index is 1.18. The van der Waals surface area contributed by atoms with Crippen molar-refractivity contribution in [2.75, 3.05) is 10.2 Å². The first kappa shape index (κ1) is 29.2. The van der Waals surface area contributed by atoms with Gasteiger partial charge in [-0.2, -0.15) is 0 Å². The number of benzene rings is 7. The maximum atomic E-state index is 5.41. The molecular weight excluding hydrogens is 621 g/mol. The predicted molar refractivity (Wildman–Crippen MR) is 213 cm³/mol. The van der Waals surface area contributed by atoms with Gasteiger partial charge in [0.1, 0.15) is 12.0 Å². The van der Waals surface area contributed by atoms with Crippen LogP contribution in [0.3, 0.4) is 0 Å². The van der Waals surface area contributed by atoms with Crippen LogP contribution in [0, 0.1) is 0 Å². The van der Waals surface area contributed by atoms with E-state index < -0.39 is 0 Å². The van der Waals surface area contributed by atoms with E-state index in [0.29, 0.717) is 0 Å². The van der Waals surface area contributed by atoms with Crippen molar-refractivity contribution in [2.45, 2.75) is 6.17 Å². The van der Waals surface area contributed by atoms with E-state index in [1.54, 1.807) is 0 Å². The molecule has 0 amide bonds. The fourth-order valence-electron chi connectivity index (χ4n) is 7.68. The highest BCUT2D eigenvalue weighted by molar-refractivity contribution is 6.19. The number of nitrogens with one attached hydrogen (secondary N) is 1. The topological polar surface area (TPSA) is 40.5 Å². The lowest BCUT2D eigenvalue weighted by Crippen LogP contribution is -2.42. The number of amidine groups is 1. The van der Waals surface area contributed by atoms with Crippen molar-refractivity contribution >= 4 is 44.5 Å². The number of rotatable bonds is 5. The zero-order valence-corrected chi connectivity index (χ0v) is 27.7. The highest BCUT2D eigenvalue weighted by atomic mass is 15.4. The molecule has 1 unspecified atom stereocenters. The molecule has 240 valence electrons. The fraction of sp³-hybridized carbons (Fsp3) is 0.0213. The lowest BCUT2D eigenvalue weighted by atomic mass is 9.91. The summed E-state index contributed by atoms with van der Waals surface area (Å²) in [5.41, 5.74) is 12.3. The number of hydrogen-bond donors (Lipinski definition) is 1. The van der Waals surface area contributed by atoms with Gasteiger partial charge in [-0.05, 0) is 79.7 Å². The average Bonchev–Trinajstić information content (AvgIpc) is 3.59. The van der Waals surface area contributed by atoms with Gasteiger partial charge in [0.2, 0.25) is 0 Å². The van der Waals surface area contributed by atoms with Crippen molar-refractivity contribution in [2.24, 2.45) is 4.99 Å². The Morgan fingerprint density at radius 2 is 1.08 bits per heavy atom. The number of pyridine rings is 1. The van der Waals surface area contributed by atoms with Crippen LogP contribution in [-0.2, 0) is 0 Å². The Morgan fingerprint density at radius 1 is 0.471 bits per heavy atom. The molecule has 8 aromatic rings. The van der Waals surface area contributed by atoms with Gasteiger partial charge < -0.3 is 5.32 Å². The molecule has 0 radical (unpaired) electrons. The third kappa shape index (κ3) is 5.00. The smallest absolute Gasteiger partial charge is 0.143 e. The molecule has 4 nitrogen and oxygen atoms in total. The van der Waals surface area contributed by atoms with E-state index in [2.05, 4.69) is 185 Å². The molecule has 1 N–H and O–H groups in total. The summed E-state index contributed by atoms with van der Waals surface area (Å²) in [6, 6.07) is 58.5. The van der Waals surface area contributed by atoms with E-state index in [-0.39, 0.29) is 6.17 Å². The van der Waals surface area contributed by atoms with Gasteiger partial charge >= 0.3 is 0 Å². The lowest BCUT2D eigenvalue weighted by molar-refractivity contribution is 0.933. The van der Waals surface area contributed by atoms with Gasteiger partial charge in [-0.25, -0.2) is 4.99 Å². The Labute approximate surface area is 296 Å². The van der Waals surface area contributed by atoms with Crippen molar-refractivity contribution in [3.05, 3.63) is 193 Å². The molecule has 0 fully saturated rings. The first-order valence-electron chi connectivity index (χ1n) is 17.4. The van der Waals surface area contributed by atoms with Crippen LogP contribution in [0.15, 0.2) is 187 Å². The molecule has 1 atom stereocenters. The van der Waals surface area contributed by atoms with Crippen LogP contribution >= 0.6 is 0 Å². The maximum absolute atomic E-state index is 5.41. The normalized spacial score (nSPS) is 14.8. The van der Waals surface area contributed by atoms with Crippen LogP contribution < -0.4 is 10.2 Å². The van der Waals surface area contributed by atoms with E-state index in [4.69, 9.17) is 4.99 Å². The highest BCUT2D eigenvalue weighted by Gasteiger charge is 2.37. The largest absolute Gasteiger partial charge is 0.359 e. The molecule has 7 aromatic carbocycles. The second kappa shape index (κ2) is 12.0. The molecule has 0 bridgehead atoms. The number of fused-ring (bicyclic) bond motifs is 5. The van der Waals surface area contributed by atoms with Crippen LogP contribution in [0.25, 0.3) is 60.6 Å². The Morgan fingerprint density at radius 3 is 1.82 bits per heavy atom. The summed E-state index contributed by atoms with van der Waals surface area (Å²) in [7, 11) is 0. The molecule has 51 heavy (non-hydrogen) atoms. The standard InChI is InChI=1S/C47H32N4/c1-2-10-31(11-3-1)32-20-22-35(23-21-32)43-30-45-50-46-42(41-19-9-15-34-13-5-7-17-39(34)41)28-37(40-18-8-14-33-12-4-6-16-38(33)40)29-44(46)51(45)47(49-43)36-24-26-48-27-25-36/h1-30,45,50H. The molecule has 1 aromatic heterocycles. The van der Waals surface area contributed by atoms with Crippen LogP contribution in [0.5, 0.6) is 0 Å². The molecule has 0 aliphatic carbocycles. The molecule has 0 saturated carbocycles. The molecule has 2 aliphatic heterocycles. The van der Waals surface area contributed by atoms with Gasteiger partial charge in [0, 0.05) is 29.1 Å². The van der Waals surface area contributed by atoms with Gasteiger partial charge in [-0.15, -0.1) is 0 Å². The summed E-state index contributed by atoms with van der Waals surface area (Å²) in [6.45, 7) is 0. The van der Waals surface area contributed by atoms with E-state index in [1.165, 1.54) is 43.8 Å². The number of hydrogen-bond acceptors (Lipinski definition) is 4. The molecular formula is C47H32N4. The monoisotopic (exact) mass is 652 g/mol. The molecule has 2 aliphatic rings. The minimum atomic E-state index is -0.152. The van der Waals surface area contributed by atoms with E-state index in [0.717, 1.165) is 45.2 Å². The minimum Gasteiger partial charge on any atom is -0.359 e. The average molecular weight is 653 g/mol. The minimum absolute atomic E-state index is 0.152. The van der Waals surface area contributed by atoms with Gasteiger partial charge in [-0.3, -0.25) is 9.88 Å². The molecule has 4 heteroatoms. The van der Waals surface area contributed by atoms with Crippen molar-refractivity contribution in [3.63, 3.8) is 0 Å². The third-order valence-corrected chi connectivity index (χ3v) is 10.1. The van der Waals surface area contributed by atoms with Gasteiger partial charge in [0.15, 0.2) is 0 Å². The third-order valence-electron chi connectivity index (χ3n) is 10.1. The van der Waals surface area contributed by atoms with Crippen molar-refractivity contribution in [1.82, 2.24) is 4.98 Å². The lowest BCUT2D eigenvalue weighted by Gasteiger charge is -2.30. The second-order valence-electron chi connectivity index (χ2n) is 13.1. The molecule has 10 rings (SSSR count). The zero-order valence-electron chi connectivity index (χ0n) is 27.7. The van der Waals surface area contributed by atoms with Crippen molar-refractivity contribution < 1.29 is 0 Å². The van der Waals surface area contributed by atoms with E-state index in [1.807, 2.05) is 12.4 Å². The first-order chi connectivity index (χ1) is 25.3. The SMILES string of the molecule is C1=C(c2ccc(-c3ccccc3)cc2)N=C(c2ccncc2)N2c3cc(-c4cccc5ccccc45)cc(-c4cccc5ccccc45)c3NC12. The zero-order chi connectivity index (χ0) is 33.7. The second-order valence-corrected chi connectivity index (χ2v) is 13.1. The Hall–Kier alpha value is -6.78. The number of anilines is 2. The molecule has 3 heterocycles. The summed E-state index contributed by atoms with van der Waals surface area (Å²) >= 11 is 0. The number of nitrogens with zero attached hydrogens (tertiary/aromatic N) is 3. The van der Waals surface area contributed by atoms with Gasteiger partial charge in [0.25, 0.3) is 0 Å². The van der Waals surface area contributed by atoms with Crippen LogP contribution in [-0.4, -0.2) is 17.0 Å². The van der Waals surface area contributed by atoms with Crippen LogP contribution in [0.2, 0.25) is 0 Å². The summed E-state index contributed by atoms with van der Waals surface area (Å²) in [5, 5.41) is 8.87. The van der Waals surface area contributed by atoms with Crippen molar-refractivity contribution in [3.8, 4) is 33.4 Å². The summed E-state index contributed by atoms with van der Waals surface area (Å²) in [5.74, 6) is 0.886. The summed E-state index contributed by atoms with van der Waals surface area (Å²) in [6.07, 6.45) is 5.80. The summed E-state index contributed by atoms with van der Waals surface area (Å²) in [4.78, 5) is 12.1. The van der Waals surface area contributed by atoms with Gasteiger partial charge in [-0.1, -0.05) is 140 Å². The first-order valence-corrected chi connectivity index (χ1v) is 17.4. The number of aliphatic imine (C=N–C) groups is 1. The molecule has 0 spiro atoms. The Kier molecular flexibility index (Phi) is 6.85. The van der Waals surface area contributed by atoms with Crippen molar-refractivity contribution in [1.29, 1.82) is 0 Å². The molecule has 0 saturated heterocycles. The maximum Gasteiger partial charge on any atom is 0.143 e. The van der Waals surface area contributed by atoms with Gasteiger partial charge in [0.05, 0.1) is 17.1 Å². The fourth-order valence-corrected chi connectivity index (χ4v) is 7.68. The quantitative estimate of drug-likeness (QED) is 0.201. The predicted octanol–water partition coefficient (Wildman–Crippen LogP) is 11.4. The van der Waals surface area contributed by atoms with E-state index in [9.17, 15) is 0 Å². The van der Waals surface area contributed by atoms with E-state index >= 15 is 0 Å². The van der Waals surface area contributed by atoms with Crippen LogP contribution in [0.4, 0.5) is 11.4 Å². The van der Waals surface area contributed by atoms with Crippen LogP contribution in [0.1, 0.15) is 11.1 Å². The highest BCUT2D eigenvalue weighted by Crippen LogP contribution is 2.49. The number of aromatic nitrogens is 1. The Bertz CT molecular complexity index is 2650.